The van der Waals surface area contributed by atoms with E-state index in [-0.39, 0.29) is 34.8 Å². The number of carbonyl (C=O) groups excluding carboxylic acids is 2. The zero-order chi connectivity index (χ0) is 23.8. The molecule has 0 spiro atoms. The molecule has 0 saturated heterocycles. The molecular weight excluding hydrogens is 428 g/mol. The number of carboxylic acid groups (broad SMARTS) is 1. The number of fused-ring (bicyclic) bond motifs is 2. The highest BCUT2D eigenvalue weighted by atomic mass is 16.4. The van der Waals surface area contributed by atoms with Crippen LogP contribution in [-0.4, -0.2) is 34.7 Å². The minimum Gasteiger partial charge on any atom is -0.478 e. The fourth-order valence-corrected chi connectivity index (χ4v) is 5.99. The molecule has 0 amide bonds. The van der Waals surface area contributed by atoms with Gasteiger partial charge in [0.1, 0.15) is 0 Å². The number of hydrogen-bond donors (Lipinski definition) is 3. The molecule has 0 radical (unpaired) electrons. The first-order chi connectivity index (χ1) is 16.5. The lowest BCUT2D eigenvalue weighted by atomic mass is 9.79. The van der Waals surface area contributed by atoms with E-state index in [1.807, 2.05) is 12.1 Å². The number of nitrogens with one attached hydrogen (secondary N) is 2. The largest absolute Gasteiger partial charge is 0.478 e. The number of anilines is 2. The molecule has 2 saturated carbocycles. The molecule has 6 nitrogen and oxygen atoms in total. The van der Waals surface area contributed by atoms with E-state index in [9.17, 15) is 19.5 Å². The van der Waals surface area contributed by atoms with Crippen molar-refractivity contribution in [2.75, 3.05) is 10.6 Å². The third-order valence-corrected chi connectivity index (χ3v) is 7.73. The van der Waals surface area contributed by atoms with Crippen LogP contribution in [0.2, 0.25) is 0 Å². The second-order valence-corrected chi connectivity index (χ2v) is 10.00. The normalized spacial score (nSPS) is 18.9. The average molecular weight is 461 g/mol. The quantitative estimate of drug-likeness (QED) is 0.435. The first-order valence-electron chi connectivity index (χ1n) is 12.6. The van der Waals surface area contributed by atoms with Gasteiger partial charge in [-0.1, -0.05) is 50.7 Å². The molecule has 0 unspecified atom stereocenters. The Hall–Kier alpha value is -3.15. The number of ketones is 2. The number of hydrogen-bond acceptors (Lipinski definition) is 5. The molecular formula is C28H32N2O4. The summed E-state index contributed by atoms with van der Waals surface area (Å²) in [5.41, 5.74) is 2.86. The SMILES string of the molecule is Cc1c(C(=O)O)c(NC2CCCCC2)cc2c1C(=O)c1c(NC3CCCCC3)cccc1C2=O. The lowest BCUT2D eigenvalue weighted by molar-refractivity contribution is 0.0696. The second kappa shape index (κ2) is 9.24. The van der Waals surface area contributed by atoms with Crippen LogP contribution in [0.5, 0.6) is 0 Å². The van der Waals surface area contributed by atoms with Crippen LogP contribution in [0.4, 0.5) is 11.4 Å². The van der Waals surface area contributed by atoms with E-state index in [1.165, 1.54) is 12.8 Å². The van der Waals surface area contributed by atoms with Crippen molar-refractivity contribution >= 4 is 28.9 Å². The Balaban J connectivity index is 1.58. The Morgan fingerprint density at radius 3 is 1.97 bits per heavy atom. The minimum absolute atomic E-state index is 0.0895. The Labute approximate surface area is 200 Å². The average Bonchev–Trinajstić information content (AvgIpc) is 2.83. The van der Waals surface area contributed by atoms with E-state index in [1.54, 1.807) is 19.1 Å². The van der Waals surface area contributed by atoms with Crippen LogP contribution in [0.15, 0.2) is 24.3 Å². The van der Waals surface area contributed by atoms with Gasteiger partial charge in [-0.15, -0.1) is 0 Å². The van der Waals surface area contributed by atoms with Gasteiger partial charge in [-0.25, -0.2) is 4.79 Å². The summed E-state index contributed by atoms with van der Waals surface area (Å²) in [6.45, 7) is 1.65. The predicted molar refractivity (Wildman–Crippen MR) is 132 cm³/mol. The number of carbonyl (C=O) groups is 3. The van der Waals surface area contributed by atoms with Gasteiger partial charge in [-0.3, -0.25) is 9.59 Å². The first kappa shape index (κ1) is 22.6. The van der Waals surface area contributed by atoms with Gasteiger partial charge in [0.15, 0.2) is 11.6 Å². The van der Waals surface area contributed by atoms with Gasteiger partial charge in [-0.05, 0) is 50.3 Å². The molecule has 2 fully saturated rings. The summed E-state index contributed by atoms with van der Waals surface area (Å²) in [6, 6.07) is 7.44. The Morgan fingerprint density at radius 2 is 1.38 bits per heavy atom. The Bertz CT molecular complexity index is 1160. The van der Waals surface area contributed by atoms with Gasteiger partial charge < -0.3 is 15.7 Å². The van der Waals surface area contributed by atoms with E-state index >= 15 is 0 Å². The van der Waals surface area contributed by atoms with Crippen molar-refractivity contribution in [3.05, 3.63) is 57.6 Å². The number of benzene rings is 2. The zero-order valence-electron chi connectivity index (χ0n) is 19.7. The van der Waals surface area contributed by atoms with E-state index < -0.39 is 5.97 Å². The molecule has 3 aliphatic rings. The molecule has 2 aromatic rings. The fraction of sp³-hybridized carbons (Fsp3) is 0.464. The van der Waals surface area contributed by atoms with Gasteiger partial charge in [-0.2, -0.15) is 0 Å². The number of aromatic carboxylic acids is 1. The van der Waals surface area contributed by atoms with Crippen LogP contribution in [0.25, 0.3) is 0 Å². The summed E-state index contributed by atoms with van der Waals surface area (Å²) in [5, 5.41) is 16.9. The van der Waals surface area contributed by atoms with Crippen molar-refractivity contribution in [1.29, 1.82) is 0 Å². The van der Waals surface area contributed by atoms with Gasteiger partial charge in [0.25, 0.3) is 0 Å². The van der Waals surface area contributed by atoms with Crippen LogP contribution < -0.4 is 10.6 Å². The number of carboxylic acids is 1. The van der Waals surface area contributed by atoms with Gasteiger partial charge in [0, 0.05) is 40.1 Å². The minimum atomic E-state index is -1.08. The van der Waals surface area contributed by atoms with Crippen LogP contribution >= 0.6 is 0 Å². The van der Waals surface area contributed by atoms with Crippen molar-refractivity contribution < 1.29 is 19.5 Å². The molecule has 0 bridgehead atoms. The lowest BCUT2D eigenvalue weighted by Gasteiger charge is -2.29. The third-order valence-electron chi connectivity index (χ3n) is 7.73. The standard InChI is InChI=1S/C28H32N2O4/c1-16-23-20(15-22(24(16)28(33)34)30-18-11-6-3-7-12-18)26(31)19-13-8-14-21(25(19)27(23)32)29-17-9-4-2-5-10-17/h8,13-15,17-18,29-30H,2-7,9-12H2,1H3,(H,33,34). The van der Waals surface area contributed by atoms with E-state index in [0.717, 1.165) is 51.4 Å². The summed E-state index contributed by atoms with van der Waals surface area (Å²) >= 11 is 0. The van der Waals surface area contributed by atoms with Crippen molar-refractivity contribution in [3.63, 3.8) is 0 Å². The summed E-state index contributed by atoms with van der Waals surface area (Å²) in [4.78, 5) is 39.7. The topological polar surface area (TPSA) is 95.5 Å². The van der Waals surface area contributed by atoms with E-state index in [2.05, 4.69) is 10.6 Å². The van der Waals surface area contributed by atoms with E-state index in [4.69, 9.17) is 0 Å². The summed E-state index contributed by atoms with van der Waals surface area (Å²) in [6.07, 6.45) is 11.0. The van der Waals surface area contributed by atoms with Crippen LogP contribution in [0.1, 0.15) is 112 Å². The van der Waals surface area contributed by atoms with Gasteiger partial charge in [0.05, 0.1) is 11.1 Å². The third kappa shape index (κ3) is 3.99. The highest BCUT2D eigenvalue weighted by Gasteiger charge is 2.36. The fourth-order valence-electron chi connectivity index (χ4n) is 5.99. The molecule has 3 N–H and O–H groups in total. The molecule has 5 rings (SSSR count). The first-order valence-corrected chi connectivity index (χ1v) is 12.6. The maximum atomic E-state index is 13.8. The Kier molecular flexibility index (Phi) is 6.15. The van der Waals surface area contributed by atoms with Crippen molar-refractivity contribution in [2.45, 2.75) is 83.2 Å². The molecule has 0 atom stereocenters. The van der Waals surface area contributed by atoms with Crippen molar-refractivity contribution in [1.82, 2.24) is 0 Å². The van der Waals surface area contributed by atoms with Crippen molar-refractivity contribution in [3.8, 4) is 0 Å². The van der Waals surface area contributed by atoms with Crippen LogP contribution in [0, 0.1) is 6.92 Å². The molecule has 2 aromatic carbocycles. The maximum absolute atomic E-state index is 13.8. The Morgan fingerprint density at radius 1 is 0.794 bits per heavy atom. The van der Waals surface area contributed by atoms with Crippen molar-refractivity contribution in [2.24, 2.45) is 0 Å². The maximum Gasteiger partial charge on any atom is 0.338 e. The molecule has 0 aliphatic heterocycles. The zero-order valence-corrected chi connectivity index (χ0v) is 19.7. The molecule has 34 heavy (non-hydrogen) atoms. The number of rotatable bonds is 5. The van der Waals surface area contributed by atoms with E-state index in [0.29, 0.717) is 33.6 Å². The monoisotopic (exact) mass is 460 g/mol. The molecule has 178 valence electrons. The molecule has 0 aromatic heterocycles. The lowest BCUT2D eigenvalue weighted by Crippen LogP contribution is -2.29. The second-order valence-electron chi connectivity index (χ2n) is 10.00. The van der Waals surface area contributed by atoms with Gasteiger partial charge in [0.2, 0.25) is 0 Å². The van der Waals surface area contributed by atoms with Gasteiger partial charge >= 0.3 is 5.97 Å². The molecule has 3 aliphatic carbocycles. The summed E-state index contributed by atoms with van der Waals surface area (Å²) in [5.74, 6) is -1.57. The molecule has 6 heteroatoms. The highest BCUT2D eigenvalue weighted by molar-refractivity contribution is 6.31. The van der Waals surface area contributed by atoms with Crippen LogP contribution in [-0.2, 0) is 0 Å². The smallest absolute Gasteiger partial charge is 0.338 e. The summed E-state index contributed by atoms with van der Waals surface area (Å²) in [7, 11) is 0. The summed E-state index contributed by atoms with van der Waals surface area (Å²) < 4.78 is 0. The highest BCUT2D eigenvalue weighted by Crippen LogP contribution is 2.38. The predicted octanol–water partition coefficient (Wildman–Crippen LogP) is 5.96. The molecule has 0 heterocycles. The van der Waals surface area contributed by atoms with Crippen LogP contribution in [0.3, 0.4) is 0 Å².